The van der Waals surface area contributed by atoms with Gasteiger partial charge in [-0.05, 0) is 6.92 Å². The fourth-order valence-corrected chi connectivity index (χ4v) is 1.42. The molecule has 4 N–H and O–H groups in total. The second kappa shape index (κ2) is 8.47. The number of phosphoric acid groups is 1. The molecule has 0 spiro atoms. The molecule has 0 rings (SSSR count). The highest BCUT2D eigenvalue weighted by Crippen LogP contribution is 2.35. The average molecular weight is 261 g/mol. The molecule has 0 amide bonds. The van der Waals surface area contributed by atoms with Crippen molar-refractivity contribution < 1.29 is 18.9 Å². The van der Waals surface area contributed by atoms with Gasteiger partial charge in [-0.3, -0.25) is 4.52 Å². The Labute approximate surface area is 94.6 Å². The van der Waals surface area contributed by atoms with E-state index in [0.717, 1.165) is 13.1 Å². The van der Waals surface area contributed by atoms with Gasteiger partial charge < -0.3 is 20.4 Å². The largest absolute Gasteiger partial charge is 0.469 e. The van der Waals surface area contributed by atoms with Crippen LogP contribution in [0.5, 0.6) is 0 Å². The second-order valence-corrected chi connectivity index (χ2v) is 4.70. The summed E-state index contributed by atoms with van der Waals surface area (Å²) in [6.45, 7) is 3.98. The highest BCUT2D eigenvalue weighted by atomic mass is 35.5. The van der Waals surface area contributed by atoms with Crippen molar-refractivity contribution in [2.75, 3.05) is 32.1 Å². The van der Waals surface area contributed by atoms with E-state index in [9.17, 15) is 4.57 Å². The highest BCUT2D eigenvalue weighted by molar-refractivity contribution is 7.46. The zero-order valence-corrected chi connectivity index (χ0v) is 10.3. The minimum Gasteiger partial charge on any atom is -0.314 e. The minimum absolute atomic E-state index is 0.0141. The lowest BCUT2D eigenvalue weighted by Crippen LogP contribution is -2.36. The SMILES string of the molecule is CC(COP(=O)(O)O)NCCNCCCl. The number of rotatable bonds is 9. The molecule has 6 nitrogen and oxygen atoms in total. The van der Waals surface area contributed by atoms with E-state index in [1.165, 1.54) is 0 Å². The molecule has 0 aromatic heterocycles. The molecule has 0 aliphatic carbocycles. The summed E-state index contributed by atoms with van der Waals surface area (Å²) in [4.78, 5) is 16.9. The fraction of sp³-hybridized carbons (Fsp3) is 1.00. The van der Waals surface area contributed by atoms with Gasteiger partial charge in [-0.1, -0.05) is 0 Å². The number of phosphoric ester groups is 1. The molecule has 15 heavy (non-hydrogen) atoms. The van der Waals surface area contributed by atoms with Crippen LogP contribution in [-0.2, 0) is 9.09 Å². The van der Waals surface area contributed by atoms with E-state index in [1.54, 1.807) is 6.92 Å². The van der Waals surface area contributed by atoms with Gasteiger partial charge in [-0.25, -0.2) is 4.57 Å². The first-order valence-corrected chi connectivity index (χ1v) is 6.72. The fourth-order valence-electron chi connectivity index (χ4n) is 0.867. The summed E-state index contributed by atoms with van der Waals surface area (Å²) >= 11 is 5.45. The quantitative estimate of drug-likeness (QED) is 0.263. The monoisotopic (exact) mass is 260 g/mol. The van der Waals surface area contributed by atoms with Crippen molar-refractivity contribution >= 4 is 19.4 Å². The van der Waals surface area contributed by atoms with Gasteiger partial charge in [-0.2, -0.15) is 0 Å². The smallest absolute Gasteiger partial charge is 0.314 e. The predicted molar refractivity (Wildman–Crippen MR) is 59.1 cm³/mol. The number of halogens is 1. The second-order valence-electron chi connectivity index (χ2n) is 3.08. The highest BCUT2D eigenvalue weighted by Gasteiger charge is 2.15. The van der Waals surface area contributed by atoms with Crippen LogP contribution in [0.4, 0.5) is 0 Å². The topological polar surface area (TPSA) is 90.8 Å². The first kappa shape index (κ1) is 15.3. The maximum Gasteiger partial charge on any atom is 0.469 e. The van der Waals surface area contributed by atoms with Gasteiger partial charge in [0.25, 0.3) is 0 Å². The Hall–Kier alpha value is 0.320. The van der Waals surface area contributed by atoms with E-state index in [0.29, 0.717) is 12.4 Å². The molecule has 0 heterocycles. The van der Waals surface area contributed by atoms with E-state index in [-0.39, 0.29) is 12.6 Å². The van der Waals surface area contributed by atoms with Crippen LogP contribution in [0.1, 0.15) is 6.92 Å². The molecule has 0 aromatic rings. The van der Waals surface area contributed by atoms with Crippen LogP contribution in [0.15, 0.2) is 0 Å². The van der Waals surface area contributed by atoms with E-state index in [1.807, 2.05) is 0 Å². The zero-order chi connectivity index (χ0) is 11.7. The van der Waals surface area contributed by atoms with Crippen LogP contribution >= 0.6 is 19.4 Å². The Morgan fingerprint density at radius 3 is 2.60 bits per heavy atom. The molecule has 0 aliphatic heterocycles. The first-order valence-electron chi connectivity index (χ1n) is 4.66. The Morgan fingerprint density at radius 1 is 1.40 bits per heavy atom. The molecule has 0 bridgehead atoms. The first-order chi connectivity index (χ1) is 6.95. The summed E-state index contributed by atoms with van der Waals surface area (Å²) in [5, 5.41) is 6.11. The molecule has 0 aliphatic rings. The molecular weight excluding hydrogens is 243 g/mol. The van der Waals surface area contributed by atoms with Crippen molar-refractivity contribution in [2.24, 2.45) is 0 Å². The molecule has 1 unspecified atom stereocenters. The third-order valence-electron chi connectivity index (χ3n) is 1.56. The van der Waals surface area contributed by atoms with Crippen LogP contribution in [0, 0.1) is 0 Å². The maximum atomic E-state index is 10.4. The van der Waals surface area contributed by atoms with Crippen molar-refractivity contribution in [3.05, 3.63) is 0 Å². The van der Waals surface area contributed by atoms with Gasteiger partial charge in [-0.15, -0.1) is 11.6 Å². The maximum absolute atomic E-state index is 10.4. The van der Waals surface area contributed by atoms with Crippen LogP contribution in [0.25, 0.3) is 0 Å². The summed E-state index contributed by atoms with van der Waals surface area (Å²) in [7, 11) is -4.34. The Kier molecular flexibility index (Phi) is 8.65. The summed E-state index contributed by atoms with van der Waals surface area (Å²) in [6, 6.07) is -0.101. The van der Waals surface area contributed by atoms with E-state index >= 15 is 0 Å². The van der Waals surface area contributed by atoms with Crippen molar-refractivity contribution in [3.63, 3.8) is 0 Å². The number of nitrogens with one attached hydrogen (secondary N) is 2. The average Bonchev–Trinajstić information content (AvgIpc) is 2.13. The van der Waals surface area contributed by atoms with Crippen molar-refractivity contribution in [1.82, 2.24) is 10.6 Å². The Balaban J connectivity index is 3.33. The lowest BCUT2D eigenvalue weighted by atomic mass is 10.3. The summed E-state index contributed by atoms with van der Waals surface area (Å²) in [5.41, 5.74) is 0. The molecule has 92 valence electrons. The minimum atomic E-state index is -4.34. The van der Waals surface area contributed by atoms with Crippen LogP contribution in [-0.4, -0.2) is 47.9 Å². The van der Waals surface area contributed by atoms with Crippen LogP contribution < -0.4 is 10.6 Å². The molecular formula is C7H18ClN2O4P. The van der Waals surface area contributed by atoms with Crippen molar-refractivity contribution in [1.29, 1.82) is 0 Å². The van der Waals surface area contributed by atoms with Gasteiger partial charge in [0.1, 0.15) is 0 Å². The summed E-state index contributed by atoms with van der Waals surface area (Å²) in [5.74, 6) is 0.566. The molecule has 8 heteroatoms. The number of hydrogen-bond acceptors (Lipinski definition) is 4. The zero-order valence-electron chi connectivity index (χ0n) is 8.65. The van der Waals surface area contributed by atoms with Crippen molar-refractivity contribution in [2.45, 2.75) is 13.0 Å². The molecule has 0 saturated heterocycles. The van der Waals surface area contributed by atoms with E-state index in [4.69, 9.17) is 21.4 Å². The number of alkyl halides is 1. The van der Waals surface area contributed by atoms with Gasteiger partial charge in [0, 0.05) is 31.6 Å². The van der Waals surface area contributed by atoms with Gasteiger partial charge in [0.2, 0.25) is 0 Å². The van der Waals surface area contributed by atoms with Gasteiger partial charge >= 0.3 is 7.82 Å². The summed E-state index contributed by atoms with van der Waals surface area (Å²) < 4.78 is 14.7. The third kappa shape index (κ3) is 12.3. The third-order valence-corrected chi connectivity index (χ3v) is 2.23. The summed E-state index contributed by atoms with van der Waals surface area (Å²) in [6.07, 6.45) is 0. The van der Waals surface area contributed by atoms with Crippen LogP contribution in [0.2, 0.25) is 0 Å². The molecule has 0 saturated carbocycles. The van der Waals surface area contributed by atoms with Crippen molar-refractivity contribution in [3.8, 4) is 0 Å². The Bertz CT molecular complexity index is 201. The number of hydrogen-bond donors (Lipinski definition) is 4. The molecule has 0 aromatic carbocycles. The van der Waals surface area contributed by atoms with Gasteiger partial charge in [0.05, 0.1) is 6.61 Å². The molecule has 0 radical (unpaired) electrons. The van der Waals surface area contributed by atoms with Gasteiger partial charge in [0.15, 0.2) is 0 Å². The predicted octanol–water partition coefficient (Wildman–Crippen LogP) is -0.0978. The lowest BCUT2D eigenvalue weighted by molar-refractivity contribution is 0.181. The normalized spacial score (nSPS) is 14.1. The van der Waals surface area contributed by atoms with Crippen LogP contribution in [0.3, 0.4) is 0 Å². The lowest BCUT2D eigenvalue weighted by Gasteiger charge is -2.14. The molecule has 0 fully saturated rings. The van der Waals surface area contributed by atoms with E-state index < -0.39 is 7.82 Å². The standard InChI is InChI=1S/C7H18ClN2O4P/c1-7(6-14-15(11,12)13)10-5-4-9-3-2-8/h7,9-10H,2-6H2,1H3,(H2,11,12,13). The van der Waals surface area contributed by atoms with E-state index in [2.05, 4.69) is 15.2 Å². The Morgan fingerprint density at radius 2 is 2.07 bits per heavy atom. The molecule has 1 atom stereocenters.